The van der Waals surface area contributed by atoms with E-state index in [1.54, 1.807) is 11.3 Å². The van der Waals surface area contributed by atoms with E-state index in [0.717, 1.165) is 27.8 Å². The van der Waals surface area contributed by atoms with Crippen LogP contribution in [0.2, 0.25) is 0 Å². The first-order valence-corrected chi connectivity index (χ1v) is 17.9. The van der Waals surface area contributed by atoms with Gasteiger partial charge in [-0.3, -0.25) is 0 Å². The van der Waals surface area contributed by atoms with Crippen LogP contribution in [0.3, 0.4) is 0 Å². The van der Waals surface area contributed by atoms with Crippen LogP contribution in [0.25, 0.3) is 98.1 Å². The predicted molar refractivity (Wildman–Crippen MR) is 215 cm³/mol. The van der Waals surface area contributed by atoms with E-state index in [4.69, 9.17) is 15.0 Å². The quantitative estimate of drug-likeness (QED) is 0.183. The number of aromatic nitrogens is 3. The summed E-state index contributed by atoms with van der Waals surface area (Å²) in [6, 6.07) is 62.3. The molecule has 0 saturated carbocycles. The highest BCUT2D eigenvalue weighted by Gasteiger charge is 2.17. The Hall–Kier alpha value is -6.49. The molecule has 0 aliphatic heterocycles. The minimum atomic E-state index is 0.650. The third-order valence-corrected chi connectivity index (χ3v) is 11.0. The van der Waals surface area contributed by atoms with Crippen molar-refractivity contribution in [3.63, 3.8) is 0 Å². The van der Waals surface area contributed by atoms with Gasteiger partial charge in [0.1, 0.15) is 0 Å². The summed E-state index contributed by atoms with van der Waals surface area (Å²) in [5, 5.41) is 7.41. The fourth-order valence-electron chi connectivity index (χ4n) is 7.04. The number of fused-ring (bicyclic) bond motifs is 5. The van der Waals surface area contributed by atoms with E-state index in [0.29, 0.717) is 17.5 Å². The van der Waals surface area contributed by atoms with Crippen LogP contribution in [-0.2, 0) is 0 Å². The molecule has 0 amide bonds. The average molecular weight is 668 g/mol. The molecule has 4 heteroatoms. The molecular formula is C47H29N3S. The smallest absolute Gasteiger partial charge is 0.165 e. The summed E-state index contributed by atoms with van der Waals surface area (Å²) in [5.41, 5.74) is 7.57. The number of hydrogen-bond donors (Lipinski definition) is 0. The summed E-state index contributed by atoms with van der Waals surface area (Å²) >= 11 is 1.79. The number of rotatable bonds is 5. The summed E-state index contributed by atoms with van der Waals surface area (Å²) < 4.78 is 2.43. The first kappa shape index (κ1) is 29.4. The SMILES string of the molecule is c1ccc2cc(-c3ccc(-c4nc(-c5ccc(-c6ccc7ccccc7c6)cc5)nc(-c5cccc6c5sc5ccccc56)n4)cc3)ccc2c1. The summed E-state index contributed by atoms with van der Waals surface area (Å²) in [6.07, 6.45) is 0. The van der Waals surface area contributed by atoms with Gasteiger partial charge in [0.25, 0.3) is 0 Å². The van der Waals surface area contributed by atoms with Crippen molar-refractivity contribution in [2.45, 2.75) is 0 Å². The van der Waals surface area contributed by atoms with Crippen molar-refractivity contribution in [2.75, 3.05) is 0 Å². The van der Waals surface area contributed by atoms with Crippen LogP contribution < -0.4 is 0 Å². The Balaban J connectivity index is 1.08. The van der Waals surface area contributed by atoms with Crippen LogP contribution >= 0.6 is 11.3 Å². The van der Waals surface area contributed by atoms with Crippen molar-refractivity contribution in [1.29, 1.82) is 0 Å². The third kappa shape index (κ3) is 5.34. The highest BCUT2D eigenvalue weighted by atomic mass is 32.1. The summed E-state index contributed by atoms with van der Waals surface area (Å²) in [4.78, 5) is 15.4. The first-order valence-electron chi connectivity index (χ1n) is 17.1. The van der Waals surface area contributed by atoms with Crippen molar-refractivity contribution in [1.82, 2.24) is 15.0 Å². The summed E-state index contributed by atoms with van der Waals surface area (Å²) in [7, 11) is 0. The van der Waals surface area contributed by atoms with Gasteiger partial charge in [0.15, 0.2) is 17.5 Å². The molecule has 0 bridgehead atoms. The lowest BCUT2D eigenvalue weighted by atomic mass is 10.00. The molecule has 0 spiro atoms. The number of thiophene rings is 1. The zero-order chi connectivity index (χ0) is 33.7. The molecule has 238 valence electrons. The summed E-state index contributed by atoms with van der Waals surface area (Å²) in [6.45, 7) is 0. The Bertz CT molecular complexity index is 2770. The Labute approximate surface area is 299 Å². The molecule has 0 aliphatic rings. The van der Waals surface area contributed by atoms with Crippen molar-refractivity contribution in [2.24, 2.45) is 0 Å². The molecule has 0 atom stereocenters. The van der Waals surface area contributed by atoms with E-state index in [1.165, 1.54) is 52.8 Å². The van der Waals surface area contributed by atoms with Crippen LogP contribution in [-0.4, -0.2) is 15.0 Å². The fraction of sp³-hybridized carbons (Fsp3) is 0. The molecule has 0 N–H and O–H groups in total. The van der Waals surface area contributed by atoms with Crippen molar-refractivity contribution in [3.05, 3.63) is 176 Å². The average Bonchev–Trinajstić information content (AvgIpc) is 3.59. The minimum Gasteiger partial charge on any atom is -0.208 e. The van der Waals surface area contributed by atoms with Gasteiger partial charge in [-0.15, -0.1) is 11.3 Å². The van der Waals surface area contributed by atoms with Crippen molar-refractivity contribution >= 4 is 53.1 Å². The van der Waals surface area contributed by atoms with Crippen molar-refractivity contribution in [3.8, 4) is 56.4 Å². The minimum absolute atomic E-state index is 0.650. The second kappa shape index (κ2) is 12.1. The highest BCUT2D eigenvalue weighted by Crippen LogP contribution is 2.40. The molecule has 8 aromatic carbocycles. The van der Waals surface area contributed by atoms with Crippen LogP contribution in [0.15, 0.2) is 176 Å². The maximum atomic E-state index is 5.14. The van der Waals surface area contributed by atoms with E-state index < -0.39 is 0 Å². The van der Waals surface area contributed by atoms with E-state index >= 15 is 0 Å². The molecule has 51 heavy (non-hydrogen) atoms. The van der Waals surface area contributed by atoms with E-state index in [2.05, 4.69) is 176 Å². The lowest BCUT2D eigenvalue weighted by Gasteiger charge is -2.11. The molecule has 0 radical (unpaired) electrons. The Morgan fingerprint density at radius 1 is 0.314 bits per heavy atom. The molecule has 0 unspecified atom stereocenters. The normalized spacial score (nSPS) is 11.5. The van der Waals surface area contributed by atoms with Gasteiger partial charge in [-0.1, -0.05) is 152 Å². The molecule has 2 aromatic heterocycles. The Kier molecular flexibility index (Phi) is 7.00. The van der Waals surface area contributed by atoms with Gasteiger partial charge < -0.3 is 0 Å². The predicted octanol–water partition coefficient (Wildman–Crippen LogP) is 12.9. The Morgan fingerprint density at radius 3 is 1.35 bits per heavy atom. The maximum absolute atomic E-state index is 5.14. The Morgan fingerprint density at radius 2 is 0.765 bits per heavy atom. The first-order chi connectivity index (χ1) is 25.2. The topological polar surface area (TPSA) is 38.7 Å². The van der Waals surface area contributed by atoms with E-state index in [1.807, 2.05) is 0 Å². The lowest BCUT2D eigenvalue weighted by Crippen LogP contribution is -2.00. The highest BCUT2D eigenvalue weighted by molar-refractivity contribution is 7.26. The zero-order valence-electron chi connectivity index (χ0n) is 27.5. The molecule has 0 aliphatic carbocycles. The van der Waals surface area contributed by atoms with Crippen LogP contribution in [0.1, 0.15) is 0 Å². The standard InChI is InChI=1S/C47H29N3S/c1-3-10-36-28-38(26-20-30(36)8-1)32-16-22-34(23-17-32)45-48-46(35-24-18-33(19-25-35)39-27-21-31-9-2-4-11-37(31)29-39)50-47(49-45)42-14-7-13-41-40-12-5-6-15-43(40)51-44(41)42/h1-29H. The molecule has 10 aromatic rings. The van der Waals surface area contributed by atoms with Gasteiger partial charge in [0, 0.05) is 36.9 Å². The monoisotopic (exact) mass is 667 g/mol. The van der Waals surface area contributed by atoms with E-state index in [9.17, 15) is 0 Å². The van der Waals surface area contributed by atoms with Gasteiger partial charge >= 0.3 is 0 Å². The van der Waals surface area contributed by atoms with Gasteiger partial charge in [0.05, 0.1) is 0 Å². The fourth-order valence-corrected chi connectivity index (χ4v) is 8.25. The molecular weight excluding hydrogens is 639 g/mol. The van der Waals surface area contributed by atoms with Crippen LogP contribution in [0.4, 0.5) is 0 Å². The lowest BCUT2D eigenvalue weighted by molar-refractivity contribution is 1.08. The van der Waals surface area contributed by atoms with Crippen LogP contribution in [0, 0.1) is 0 Å². The van der Waals surface area contributed by atoms with Gasteiger partial charge in [-0.05, 0) is 68.1 Å². The molecule has 0 saturated heterocycles. The maximum Gasteiger partial charge on any atom is 0.165 e. The number of hydrogen-bond acceptors (Lipinski definition) is 4. The second-order valence-corrected chi connectivity index (χ2v) is 13.9. The van der Waals surface area contributed by atoms with Crippen LogP contribution in [0.5, 0.6) is 0 Å². The number of nitrogens with zero attached hydrogens (tertiary/aromatic N) is 3. The molecule has 3 nitrogen and oxygen atoms in total. The van der Waals surface area contributed by atoms with Gasteiger partial charge in [-0.25, -0.2) is 15.0 Å². The molecule has 10 rings (SSSR count). The number of benzene rings is 8. The largest absolute Gasteiger partial charge is 0.208 e. The van der Waals surface area contributed by atoms with E-state index in [-0.39, 0.29) is 0 Å². The molecule has 2 heterocycles. The van der Waals surface area contributed by atoms with Crippen molar-refractivity contribution < 1.29 is 0 Å². The second-order valence-electron chi connectivity index (χ2n) is 12.9. The zero-order valence-corrected chi connectivity index (χ0v) is 28.3. The summed E-state index contributed by atoms with van der Waals surface area (Å²) in [5.74, 6) is 1.97. The van der Waals surface area contributed by atoms with Gasteiger partial charge in [0.2, 0.25) is 0 Å². The molecule has 0 fully saturated rings. The third-order valence-electron chi connectivity index (χ3n) is 9.73. The van der Waals surface area contributed by atoms with Gasteiger partial charge in [-0.2, -0.15) is 0 Å².